The molecular weight excluding hydrogens is 509 g/mol. The van der Waals surface area contributed by atoms with E-state index in [0.29, 0.717) is 19.2 Å². The van der Waals surface area contributed by atoms with Crippen LogP contribution in [0.4, 0.5) is 0 Å². The molecule has 2 rings (SSSR count). The van der Waals surface area contributed by atoms with Gasteiger partial charge in [-0.25, -0.2) is 0 Å². The zero-order valence-electron chi connectivity index (χ0n) is 19.0. The molecule has 31 heavy (non-hydrogen) atoms. The van der Waals surface area contributed by atoms with Crippen molar-refractivity contribution >= 4 is 35.8 Å². The van der Waals surface area contributed by atoms with Crippen molar-refractivity contribution in [3.05, 3.63) is 23.8 Å². The predicted molar refractivity (Wildman–Crippen MR) is 136 cm³/mol. The molecule has 1 aromatic rings. The van der Waals surface area contributed by atoms with Gasteiger partial charge in [0.25, 0.3) is 0 Å². The molecule has 0 bridgehead atoms. The van der Waals surface area contributed by atoms with E-state index < -0.39 is 0 Å². The van der Waals surface area contributed by atoms with Gasteiger partial charge in [-0.2, -0.15) is 0 Å². The highest BCUT2D eigenvalue weighted by Gasteiger charge is 2.20. The number of nitrogens with two attached hydrogens (primary N) is 1. The topological polar surface area (TPSA) is 101 Å². The van der Waals surface area contributed by atoms with Crippen molar-refractivity contribution in [2.45, 2.75) is 45.6 Å². The minimum Gasteiger partial charge on any atom is -0.493 e. The number of nitrogens with zero attached hydrogens (tertiary/aromatic N) is 2. The lowest BCUT2D eigenvalue weighted by molar-refractivity contribution is -0.119. The van der Waals surface area contributed by atoms with Crippen LogP contribution in [-0.2, 0) is 11.2 Å². The summed E-state index contributed by atoms with van der Waals surface area (Å²) in [6.45, 7) is 8.31. The van der Waals surface area contributed by atoms with Crippen LogP contribution in [0.2, 0.25) is 0 Å². The number of piperidine rings is 1. The fraction of sp³-hybridized carbons (Fsp3) is 0.636. The zero-order chi connectivity index (χ0) is 21.8. The Morgan fingerprint density at radius 2 is 2.00 bits per heavy atom. The van der Waals surface area contributed by atoms with Crippen molar-refractivity contribution in [2.75, 3.05) is 46.4 Å². The third kappa shape index (κ3) is 9.94. The number of carbonyl (C=O) groups excluding carboxylic acids is 1. The molecule has 0 aromatic heterocycles. The van der Waals surface area contributed by atoms with Crippen LogP contribution in [0.5, 0.6) is 11.5 Å². The van der Waals surface area contributed by atoms with E-state index in [1.807, 2.05) is 13.0 Å². The number of methoxy groups -OCH3 is 1. The Labute approximate surface area is 203 Å². The van der Waals surface area contributed by atoms with Crippen molar-refractivity contribution in [1.82, 2.24) is 15.5 Å². The minimum absolute atomic E-state index is 0. The van der Waals surface area contributed by atoms with Gasteiger partial charge in [-0.15, -0.1) is 24.0 Å². The van der Waals surface area contributed by atoms with Gasteiger partial charge in [0.15, 0.2) is 17.5 Å². The Morgan fingerprint density at radius 3 is 2.61 bits per heavy atom. The molecule has 1 fully saturated rings. The molecule has 176 valence electrons. The van der Waals surface area contributed by atoms with Crippen LogP contribution >= 0.6 is 24.0 Å². The average Bonchev–Trinajstić information content (AvgIpc) is 2.73. The maximum atomic E-state index is 11.1. The number of nitrogens with one attached hydrogen (secondary N) is 2. The fourth-order valence-electron chi connectivity index (χ4n) is 3.59. The van der Waals surface area contributed by atoms with Crippen LogP contribution in [0, 0.1) is 0 Å². The number of guanidine groups is 1. The van der Waals surface area contributed by atoms with Crippen molar-refractivity contribution in [3.63, 3.8) is 0 Å². The van der Waals surface area contributed by atoms with Gasteiger partial charge in [0.05, 0.1) is 20.3 Å². The largest absolute Gasteiger partial charge is 0.493 e. The summed E-state index contributed by atoms with van der Waals surface area (Å²) in [5.41, 5.74) is 6.50. The number of benzene rings is 1. The molecule has 1 aromatic carbocycles. The molecule has 0 saturated carbocycles. The van der Waals surface area contributed by atoms with E-state index in [-0.39, 0.29) is 29.9 Å². The van der Waals surface area contributed by atoms with Gasteiger partial charge in [0.1, 0.15) is 0 Å². The number of hydrogen-bond donors (Lipinski definition) is 3. The lowest BCUT2D eigenvalue weighted by atomic mass is 10.1. The first-order chi connectivity index (χ1) is 14.5. The number of rotatable bonds is 11. The Balaban J connectivity index is 0.00000480. The van der Waals surface area contributed by atoms with Gasteiger partial charge in [0.2, 0.25) is 5.91 Å². The summed E-state index contributed by atoms with van der Waals surface area (Å²) < 4.78 is 11.0. The van der Waals surface area contributed by atoms with E-state index in [2.05, 4.69) is 34.6 Å². The van der Waals surface area contributed by atoms with Gasteiger partial charge in [-0.1, -0.05) is 6.07 Å². The number of likely N-dealkylation sites (tertiary alicyclic amines) is 1. The van der Waals surface area contributed by atoms with Crippen molar-refractivity contribution in [2.24, 2.45) is 10.7 Å². The van der Waals surface area contributed by atoms with Gasteiger partial charge in [-0.3, -0.25) is 14.7 Å². The van der Waals surface area contributed by atoms with E-state index in [1.54, 1.807) is 7.11 Å². The number of primary amides is 1. The number of ether oxygens (including phenoxy) is 2. The second-order valence-corrected chi connectivity index (χ2v) is 7.44. The molecule has 1 aliphatic heterocycles. The molecule has 0 spiro atoms. The van der Waals surface area contributed by atoms with Crippen LogP contribution in [-0.4, -0.2) is 69.2 Å². The molecule has 0 unspecified atom stereocenters. The summed E-state index contributed by atoms with van der Waals surface area (Å²) in [5, 5.41) is 6.86. The van der Waals surface area contributed by atoms with Crippen LogP contribution in [0.25, 0.3) is 0 Å². The minimum atomic E-state index is -0.262. The first-order valence-corrected chi connectivity index (χ1v) is 10.9. The second kappa shape index (κ2) is 15.1. The quantitative estimate of drug-likeness (QED) is 0.170. The van der Waals surface area contributed by atoms with Crippen molar-refractivity contribution < 1.29 is 14.3 Å². The molecule has 1 amide bonds. The highest BCUT2D eigenvalue weighted by atomic mass is 127. The van der Waals surface area contributed by atoms with Gasteiger partial charge >= 0.3 is 0 Å². The van der Waals surface area contributed by atoms with E-state index in [4.69, 9.17) is 20.2 Å². The molecule has 0 atom stereocenters. The van der Waals surface area contributed by atoms with Crippen LogP contribution in [0.3, 0.4) is 0 Å². The molecule has 4 N–H and O–H groups in total. The molecule has 0 aliphatic carbocycles. The average molecular weight is 547 g/mol. The van der Waals surface area contributed by atoms with E-state index >= 15 is 0 Å². The maximum Gasteiger partial charge on any atom is 0.231 e. The fourth-order valence-corrected chi connectivity index (χ4v) is 3.59. The summed E-state index contributed by atoms with van der Waals surface area (Å²) in [7, 11) is 1.66. The van der Waals surface area contributed by atoms with Gasteiger partial charge in [-0.05, 0) is 57.2 Å². The highest BCUT2D eigenvalue weighted by Crippen LogP contribution is 2.28. The van der Waals surface area contributed by atoms with Gasteiger partial charge in [0, 0.05) is 32.2 Å². The zero-order valence-corrected chi connectivity index (χ0v) is 21.3. The molecule has 0 radical (unpaired) electrons. The van der Waals surface area contributed by atoms with Crippen LogP contribution < -0.4 is 25.8 Å². The Hall–Kier alpha value is -1.75. The summed E-state index contributed by atoms with van der Waals surface area (Å²) in [5.74, 6) is 2.15. The second-order valence-electron chi connectivity index (χ2n) is 7.44. The van der Waals surface area contributed by atoms with E-state index in [0.717, 1.165) is 69.3 Å². The van der Waals surface area contributed by atoms with Crippen molar-refractivity contribution in [1.29, 1.82) is 0 Å². The normalized spacial score (nSPS) is 15.1. The summed E-state index contributed by atoms with van der Waals surface area (Å²) in [4.78, 5) is 17.9. The number of halogens is 1. The summed E-state index contributed by atoms with van der Waals surface area (Å²) >= 11 is 0. The Kier molecular flexibility index (Phi) is 13.3. The molecule has 1 aliphatic rings. The molecular formula is C22H38IN5O3. The monoisotopic (exact) mass is 547 g/mol. The highest BCUT2D eigenvalue weighted by molar-refractivity contribution is 14.0. The number of aryl methyl sites for hydroxylation is 1. The molecule has 9 heteroatoms. The lowest BCUT2D eigenvalue weighted by Gasteiger charge is -2.32. The summed E-state index contributed by atoms with van der Waals surface area (Å²) in [6, 6.07) is 6.45. The van der Waals surface area contributed by atoms with E-state index in [1.165, 1.54) is 5.56 Å². The third-order valence-corrected chi connectivity index (χ3v) is 5.07. The molecule has 1 saturated heterocycles. The first-order valence-electron chi connectivity index (χ1n) is 10.9. The van der Waals surface area contributed by atoms with Gasteiger partial charge < -0.3 is 25.8 Å². The smallest absolute Gasteiger partial charge is 0.231 e. The predicted octanol–water partition coefficient (Wildman–Crippen LogP) is 2.15. The maximum absolute atomic E-state index is 11.1. The lowest BCUT2D eigenvalue weighted by Crippen LogP contribution is -2.49. The number of carbonyl (C=O) groups is 1. The molecule has 8 nitrogen and oxygen atoms in total. The van der Waals surface area contributed by atoms with Crippen LogP contribution in [0.1, 0.15) is 38.7 Å². The Bertz CT molecular complexity index is 694. The SMILES string of the molecule is CCNC(=NCCCc1ccc(OC)c(OCC)c1)NC1CCN(CC(N)=O)CC1.I. The standard InChI is InChI=1S/C22H37N5O3.HI/c1-4-24-22(26-18-10-13-27(14-11-18)16-21(23)28)25-12-6-7-17-8-9-19(29-3)20(15-17)30-5-2;/h8-9,15,18H,4-7,10-14,16H2,1-3H3,(H2,23,28)(H2,24,25,26);1H. The number of hydrogen-bond acceptors (Lipinski definition) is 5. The summed E-state index contributed by atoms with van der Waals surface area (Å²) in [6.07, 6.45) is 3.83. The third-order valence-electron chi connectivity index (χ3n) is 5.07. The van der Waals surface area contributed by atoms with Crippen LogP contribution in [0.15, 0.2) is 23.2 Å². The molecule has 1 heterocycles. The van der Waals surface area contributed by atoms with E-state index in [9.17, 15) is 4.79 Å². The Morgan fingerprint density at radius 1 is 1.26 bits per heavy atom. The first kappa shape index (κ1) is 27.3. The number of aliphatic imine (C=N–C) groups is 1. The number of amides is 1. The van der Waals surface area contributed by atoms with Crippen molar-refractivity contribution in [3.8, 4) is 11.5 Å².